The van der Waals surface area contributed by atoms with Crippen LogP contribution < -0.4 is 5.32 Å². The zero-order valence-corrected chi connectivity index (χ0v) is 15.0. The Hall–Kier alpha value is -1.33. The highest BCUT2D eigenvalue weighted by Gasteiger charge is 2.36. The summed E-state index contributed by atoms with van der Waals surface area (Å²) in [5, 5.41) is 4.39. The molecule has 0 saturated carbocycles. The molecule has 1 amide bonds. The Balaban J connectivity index is 1.60. The summed E-state index contributed by atoms with van der Waals surface area (Å²) in [6.45, 7) is 2.31. The predicted octanol–water partition coefficient (Wildman–Crippen LogP) is 3.30. The first-order chi connectivity index (χ1) is 11.2. The Morgan fingerprint density at radius 2 is 2.04 bits per heavy atom. The molecule has 4 nitrogen and oxygen atoms in total. The first-order valence-corrected chi connectivity index (χ1v) is 9.24. The second-order valence-electron chi connectivity index (χ2n) is 6.71. The Kier molecular flexibility index (Phi) is 3.93. The largest absolute Gasteiger partial charge is 0.346 e. The average Bonchev–Trinajstić information content (AvgIpc) is 3.08. The van der Waals surface area contributed by atoms with Gasteiger partial charge in [-0.3, -0.25) is 9.69 Å². The lowest BCUT2D eigenvalue weighted by Crippen LogP contribution is -2.47. The summed E-state index contributed by atoms with van der Waals surface area (Å²) < 4.78 is 2.88. The molecule has 2 saturated heterocycles. The third-order valence-electron chi connectivity index (χ3n) is 5.43. The van der Waals surface area contributed by atoms with Crippen molar-refractivity contribution in [2.75, 3.05) is 13.1 Å². The maximum atomic E-state index is 12.9. The summed E-state index contributed by atoms with van der Waals surface area (Å²) in [4.78, 5) is 15.5. The molecule has 2 fully saturated rings. The Morgan fingerprint density at radius 3 is 2.87 bits per heavy atom. The zero-order chi connectivity index (χ0) is 16.0. The minimum atomic E-state index is 0.0352. The van der Waals surface area contributed by atoms with E-state index in [1.54, 1.807) is 0 Å². The zero-order valence-electron chi connectivity index (χ0n) is 13.4. The van der Waals surface area contributed by atoms with Gasteiger partial charge in [0, 0.05) is 36.6 Å². The molecule has 23 heavy (non-hydrogen) atoms. The molecule has 2 aromatic rings. The van der Waals surface area contributed by atoms with Gasteiger partial charge in [-0.15, -0.1) is 0 Å². The van der Waals surface area contributed by atoms with Crippen molar-refractivity contribution in [1.29, 1.82) is 0 Å². The summed E-state index contributed by atoms with van der Waals surface area (Å²) in [5.74, 6) is 0.0352. The number of carbonyl (C=O) groups excluding carboxylic acids is 1. The molecule has 1 aromatic carbocycles. The number of aromatic nitrogens is 1. The molecule has 0 bridgehead atoms. The van der Waals surface area contributed by atoms with Crippen molar-refractivity contribution < 1.29 is 4.79 Å². The van der Waals surface area contributed by atoms with Crippen molar-refractivity contribution in [3.63, 3.8) is 0 Å². The summed E-state index contributed by atoms with van der Waals surface area (Å²) in [5.41, 5.74) is 1.80. The van der Waals surface area contributed by atoms with Crippen LogP contribution in [0.1, 0.15) is 36.2 Å². The smallest absolute Gasteiger partial charge is 0.269 e. The number of aryl methyl sites for hydroxylation is 1. The van der Waals surface area contributed by atoms with Crippen molar-refractivity contribution in [2.45, 2.75) is 37.8 Å². The van der Waals surface area contributed by atoms with E-state index in [1.165, 1.54) is 25.8 Å². The molecule has 0 unspecified atom stereocenters. The summed E-state index contributed by atoms with van der Waals surface area (Å²) >= 11 is 3.63. The van der Waals surface area contributed by atoms with E-state index in [4.69, 9.17) is 0 Å². The third kappa shape index (κ3) is 2.50. The number of hydrogen-bond acceptors (Lipinski definition) is 2. The number of hydrogen-bond donors (Lipinski definition) is 1. The van der Waals surface area contributed by atoms with E-state index in [0.717, 1.165) is 34.0 Å². The number of piperidine rings is 1. The molecule has 3 heterocycles. The lowest BCUT2D eigenvalue weighted by molar-refractivity contribution is 0.0906. The molecular weight excluding hydrogens is 354 g/mol. The first-order valence-electron chi connectivity index (χ1n) is 8.44. The second-order valence-corrected chi connectivity index (χ2v) is 7.50. The van der Waals surface area contributed by atoms with Crippen LogP contribution in [0.25, 0.3) is 10.9 Å². The topological polar surface area (TPSA) is 37.3 Å². The van der Waals surface area contributed by atoms with Gasteiger partial charge in [0.25, 0.3) is 5.91 Å². The number of halogens is 1. The Labute approximate surface area is 145 Å². The molecular formula is C18H22BrN3O. The highest BCUT2D eigenvalue weighted by atomic mass is 79.9. The van der Waals surface area contributed by atoms with Crippen LogP contribution in [0.15, 0.2) is 28.7 Å². The van der Waals surface area contributed by atoms with Gasteiger partial charge < -0.3 is 9.88 Å². The lowest BCUT2D eigenvalue weighted by atomic mass is 9.99. The Morgan fingerprint density at radius 1 is 1.22 bits per heavy atom. The number of benzene rings is 1. The SMILES string of the molecule is Cn1c(C(=O)N[C@H]2CCN3CCCC[C@@H]23)c(Br)c2ccccc21. The van der Waals surface area contributed by atoms with Crippen molar-refractivity contribution in [2.24, 2.45) is 7.05 Å². The number of rotatable bonds is 2. The van der Waals surface area contributed by atoms with Gasteiger partial charge >= 0.3 is 0 Å². The first kappa shape index (κ1) is 15.2. The van der Waals surface area contributed by atoms with Gasteiger partial charge in [-0.25, -0.2) is 0 Å². The van der Waals surface area contributed by atoms with Gasteiger partial charge in [0.2, 0.25) is 0 Å². The number of nitrogens with zero attached hydrogens (tertiary/aromatic N) is 2. The van der Waals surface area contributed by atoms with E-state index in [1.807, 2.05) is 23.7 Å². The van der Waals surface area contributed by atoms with Gasteiger partial charge in [0.15, 0.2) is 0 Å². The van der Waals surface area contributed by atoms with Crippen molar-refractivity contribution >= 4 is 32.7 Å². The molecule has 4 rings (SSSR count). The molecule has 2 aliphatic rings. The van der Waals surface area contributed by atoms with E-state index >= 15 is 0 Å². The fourth-order valence-corrected chi connectivity index (χ4v) is 5.03. The molecule has 2 atom stereocenters. The van der Waals surface area contributed by atoms with Crippen LogP contribution in [0, 0.1) is 0 Å². The van der Waals surface area contributed by atoms with Crippen molar-refractivity contribution in [3.05, 3.63) is 34.4 Å². The molecule has 0 spiro atoms. The maximum absolute atomic E-state index is 12.9. The fourth-order valence-electron chi connectivity index (χ4n) is 4.25. The van der Waals surface area contributed by atoms with Crippen LogP contribution in [0.4, 0.5) is 0 Å². The van der Waals surface area contributed by atoms with Crippen LogP contribution in [0.3, 0.4) is 0 Å². The second kappa shape index (κ2) is 5.95. The average molecular weight is 376 g/mol. The number of carbonyl (C=O) groups is 1. The number of fused-ring (bicyclic) bond motifs is 2. The Bertz CT molecular complexity index is 715. The van der Waals surface area contributed by atoms with Crippen LogP contribution in [0.2, 0.25) is 0 Å². The van der Waals surface area contributed by atoms with Crippen molar-refractivity contribution in [1.82, 2.24) is 14.8 Å². The molecule has 0 radical (unpaired) electrons. The summed E-state index contributed by atoms with van der Waals surface area (Å²) in [6.07, 6.45) is 4.86. The van der Waals surface area contributed by atoms with Crippen LogP contribution in [-0.4, -0.2) is 40.5 Å². The standard InChI is InChI=1S/C18H22BrN3O/c1-21-14-7-3-2-6-12(14)16(19)17(21)18(23)20-13-9-11-22-10-5-4-8-15(13)22/h2-3,6-7,13,15H,4-5,8-11H2,1H3,(H,20,23)/t13-,15-/m0/s1. The maximum Gasteiger partial charge on any atom is 0.269 e. The fraction of sp³-hybridized carbons (Fsp3) is 0.500. The molecule has 1 aromatic heterocycles. The normalized spacial score (nSPS) is 24.8. The molecule has 0 aliphatic carbocycles. The van der Waals surface area contributed by atoms with Gasteiger partial charge in [0.05, 0.1) is 4.47 Å². The van der Waals surface area contributed by atoms with E-state index in [-0.39, 0.29) is 11.9 Å². The third-order valence-corrected chi connectivity index (χ3v) is 6.24. The minimum absolute atomic E-state index is 0.0352. The molecule has 122 valence electrons. The molecule has 1 N–H and O–H groups in total. The van der Waals surface area contributed by atoms with E-state index in [2.05, 4.69) is 38.3 Å². The van der Waals surface area contributed by atoms with E-state index < -0.39 is 0 Å². The van der Waals surface area contributed by atoms with Gasteiger partial charge in [-0.1, -0.05) is 24.6 Å². The van der Waals surface area contributed by atoms with Gasteiger partial charge in [-0.2, -0.15) is 0 Å². The number of nitrogens with one attached hydrogen (secondary N) is 1. The lowest BCUT2D eigenvalue weighted by Gasteiger charge is -2.32. The minimum Gasteiger partial charge on any atom is -0.346 e. The predicted molar refractivity (Wildman–Crippen MR) is 95.7 cm³/mol. The van der Waals surface area contributed by atoms with Crippen molar-refractivity contribution in [3.8, 4) is 0 Å². The molecule has 5 heteroatoms. The summed E-state index contributed by atoms with van der Waals surface area (Å²) in [6, 6.07) is 8.93. The van der Waals surface area contributed by atoms with E-state index in [9.17, 15) is 4.79 Å². The summed E-state index contributed by atoms with van der Waals surface area (Å²) in [7, 11) is 1.96. The number of amides is 1. The van der Waals surface area contributed by atoms with E-state index in [0.29, 0.717) is 6.04 Å². The monoisotopic (exact) mass is 375 g/mol. The molecule has 2 aliphatic heterocycles. The quantitative estimate of drug-likeness (QED) is 0.874. The highest BCUT2D eigenvalue weighted by molar-refractivity contribution is 9.10. The number of para-hydroxylation sites is 1. The van der Waals surface area contributed by atoms with Crippen LogP contribution in [-0.2, 0) is 7.05 Å². The van der Waals surface area contributed by atoms with Crippen LogP contribution in [0.5, 0.6) is 0 Å². The van der Waals surface area contributed by atoms with Crippen LogP contribution >= 0.6 is 15.9 Å². The van der Waals surface area contributed by atoms with Gasteiger partial charge in [0.1, 0.15) is 5.69 Å². The van der Waals surface area contributed by atoms with Gasteiger partial charge in [-0.05, 0) is 47.8 Å². The highest BCUT2D eigenvalue weighted by Crippen LogP contribution is 2.31.